The molecule has 4 nitrogen and oxygen atoms in total. The van der Waals surface area contributed by atoms with Crippen LogP contribution in [0.5, 0.6) is 0 Å². The zero-order valence-corrected chi connectivity index (χ0v) is 12.0. The number of guanidine groups is 1. The number of nitrogens with zero attached hydrogens (tertiary/aromatic N) is 3. The van der Waals surface area contributed by atoms with E-state index in [0.717, 1.165) is 19.5 Å². The van der Waals surface area contributed by atoms with Gasteiger partial charge in [0.1, 0.15) is 5.82 Å². The van der Waals surface area contributed by atoms with Gasteiger partial charge in [-0.15, -0.1) is 0 Å². The molecule has 1 aromatic rings. The number of nitrogens with two attached hydrogens (primary N) is 1. The fourth-order valence-corrected chi connectivity index (χ4v) is 3.26. The highest BCUT2D eigenvalue weighted by molar-refractivity contribution is 5.98. The largest absolute Gasteiger partial charge is 0.369 e. The number of para-hydroxylation sites is 1. The summed E-state index contributed by atoms with van der Waals surface area (Å²) in [6.45, 7) is 6.91. The van der Waals surface area contributed by atoms with Crippen molar-refractivity contribution in [1.29, 1.82) is 0 Å². The molecule has 1 atom stereocenters. The lowest BCUT2D eigenvalue weighted by molar-refractivity contribution is 0.260. The Hall–Kier alpha value is -1.62. The third-order valence-corrected chi connectivity index (χ3v) is 4.42. The van der Waals surface area contributed by atoms with Crippen molar-refractivity contribution < 1.29 is 4.39 Å². The maximum atomic E-state index is 14.1. The second-order valence-corrected chi connectivity index (χ2v) is 6.00. The molecule has 5 heteroatoms. The lowest BCUT2D eigenvalue weighted by Crippen LogP contribution is -2.54. The summed E-state index contributed by atoms with van der Waals surface area (Å²) in [7, 11) is 0. The van der Waals surface area contributed by atoms with E-state index in [-0.39, 0.29) is 11.4 Å². The van der Waals surface area contributed by atoms with Crippen LogP contribution in [0.25, 0.3) is 0 Å². The number of aliphatic imine (C=N–C) groups is 1. The van der Waals surface area contributed by atoms with Crippen molar-refractivity contribution in [3.8, 4) is 0 Å². The molecule has 1 unspecified atom stereocenters. The first-order valence-electron chi connectivity index (χ1n) is 7.12. The number of hydrogen-bond acceptors (Lipinski definition) is 4. The van der Waals surface area contributed by atoms with Crippen molar-refractivity contribution >= 4 is 11.6 Å². The van der Waals surface area contributed by atoms with Gasteiger partial charge in [0.25, 0.3) is 0 Å². The second kappa shape index (κ2) is 4.74. The molecule has 2 aliphatic heterocycles. The molecule has 0 bridgehead atoms. The highest BCUT2D eigenvalue weighted by atomic mass is 19.1. The van der Waals surface area contributed by atoms with E-state index >= 15 is 0 Å². The van der Waals surface area contributed by atoms with E-state index in [2.05, 4.69) is 23.7 Å². The normalized spacial score (nSPS) is 26.8. The van der Waals surface area contributed by atoms with Gasteiger partial charge in [-0.05, 0) is 32.4 Å². The van der Waals surface area contributed by atoms with Crippen LogP contribution in [0, 0.1) is 5.82 Å². The minimum Gasteiger partial charge on any atom is -0.369 e. The van der Waals surface area contributed by atoms with Gasteiger partial charge >= 0.3 is 0 Å². The van der Waals surface area contributed by atoms with Crippen LogP contribution in [-0.2, 0) is 0 Å². The van der Waals surface area contributed by atoms with Crippen LogP contribution >= 0.6 is 0 Å². The molecule has 0 amide bonds. The lowest BCUT2D eigenvalue weighted by Gasteiger charge is -2.36. The van der Waals surface area contributed by atoms with Gasteiger partial charge in [-0.1, -0.05) is 12.1 Å². The Morgan fingerprint density at radius 3 is 2.75 bits per heavy atom. The van der Waals surface area contributed by atoms with Crippen molar-refractivity contribution in [3.05, 3.63) is 30.1 Å². The molecular formula is C15H21FN4. The first-order chi connectivity index (χ1) is 9.53. The number of rotatable bonds is 2. The van der Waals surface area contributed by atoms with Crippen molar-refractivity contribution in [2.45, 2.75) is 31.8 Å². The molecule has 1 spiro atoms. The first kappa shape index (κ1) is 13.4. The molecule has 1 fully saturated rings. The van der Waals surface area contributed by atoms with Crippen LogP contribution in [0.2, 0.25) is 0 Å². The predicted octanol–water partition coefficient (Wildman–Crippen LogP) is 1.81. The fraction of sp³-hybridized carbons (Fsp3) is 0.533. The summed E-state index contributed by atoms with van der Waals surface area (Å²) in [5, 5.41) is 0. The molecular weight excluding hydrogens is 255 g/mol. The Morgan fingerprint density at radius 1 is 1.35 bits per heavy atom. The van der Waals surface area contributed by atoms with E-state index in [4.69, 9.17) is 5.73 Å². The van der Waals surface area contributed by atoms with Gasteiger partial charge in [-0.3, -0.25) is 9.89 Å². The molecule has 20 heavy (non-hydrogen) atoms. The molecule has 0 aromatic heterocycles. The van der Waals surface area contributed by atoms with Gasteiger partial charge in [0.2, 0.25) is 0 Å². The topological polar surface area (TPSA) is 44.9 Å². The standard InChI is InChI=1S/C15H21FN4/c1-11(2)19-8-7-15(10-19)9-18-14(17)20(15)13-6-4-3-5-12(13)16/h3-6,11H,7-10H2,1-2H3,(H2,17,18). The zero-order chi connectivity index (χ0) is 14.3. The molecule has 0 aliphatic carbocycles. The van der Waals surface area contributed by atoms with Crippen molar-refractivity contribution in [3.63, 3.8) is 0 Å². The molecule has 2 N–H and O–H groups in total. The van der Waals surface area contributed by atoms with E-state index in [1.807, 2.05) is 11.0 Å². The van der Waals surface area contributed by atoms with Crippen LogP contribution in [0.1, 0.15) is 20.3 Å². The highest BCUT2D eigenvalue weighted by Crippen LogP contribution is 2.37. The Labute approximate surface area is 119 Å². The third-order valence-electron chi connectivity index (χ3n) is 4.42. The van der Waals surface area contributed by atoms with Crippen molar-refractivity contribution in [2.24, 2.45) is 10.7 Å². The Balaban J connectivity index is 1.96. The summed E-state index contributed by atoms with van der Waals surface area (Å²) in [5.74, 6) is 0.190. The van der Waals surface area contributed by atoms with Crippen molar-refractivity contribution in [1.82, 2.24) is 4.90 Å². The molecule has 1 saturated heterocycles. The van der Waals surface area contributed by atoms with Gasteiger partial charge in [0, 0.05) is 19.1 Å². The number of benzene rings is 1. The van der Waals surface area contributed by atoms with Gasteiger partial charge in [0.15, 0.2) is 5.96 Å². The Morgan fingerprint density at radius 2 is 2.10 bits per heavy atom. The smallest absolute Gasteiger partial charge is 0.196 e. The van der Waals surface area contributed by atoms with Crippen LogP contribution < -0.4 is 10.6 Å². The molecule has 108 valence electrons. The van der Waals surface area contributed by atoms with E-state index in [9.17, 15) is 4.39 Å². The van der Waals surface area contributed by atoms with Crippen LogP contribution in [0.3, 0.4) is 0 Å². The van der Waals surface area contributed by atoms with E-state index in [0.29, 0.717) is 24.2 Å². The van der Waals surface area contributed by atoms with E-state index in [1.54, 1.807) is 12.1 Å². The van der Waals surface area contributed by atoms with Crippen LogP contribution in [-0.4, -0.2) is 42.1 Å². The average molecular weight is 276 g/mol. The minimum atomic E-state index is -0.241. The fourth-order valence-electron chi connectivity index (χ4n) is 3.26. The summed E-state index contributed by atoms with van der Waals surface area (Å²) in [4.78, 5) is 8.70. The highest BCUT2D eigenvalue weighted by Gasteiger charge is 2.48. The van der Waals surface area contributed by atoms with Gasteiger partial charge in [0.05, 0.1) is 17.8 Å². The maximum absolute atomic E-state index is 14.1. The Kier molecular flexibility index (Phi) is 3.17. The predicted molar refractivity (Wildman–Crippen MR) is 79.4 cm³/mol. The zero-order valence-electron chi connectivity index (χ0n) is 12.0. The SMILES string of the molecule is CC(C)N1CCC2(CN=C(N)N2c2ccccc2F)C1. The quantitative estimate of drug-likeness (QED) is 0.896. The maximum Gasteiger partial charge on any atom is 0.196 e. The second-order valence-electron chi connectivity index (χ2n) is 6.00. The van der Waals surface area contributed by atoms with E-state index < -0.39 is 0 Å². The molecule has 0 saturated carbocycles. The summed E-state index contributed by atoms with van der Waals surface area (Å²) in [6, 6.07) is 7.28. The van der Waals surface area contributed by atoms with Crippen molar-refractivity contribution in [2.75, 3.05) is 24.5 Å². The van der Waals surface area contributed by atoms with Crippen LogP contribution in [0.15, 0.2) is 29.3 Å². The Bertz CT molecular complexity index is 542. The molecule has 1 aromatic carbocycles. The average Bonchev–Trinajstić information content (AvgIpc) is 2.97. The van der Waals surface area contributed by atoms with E-state index in [1.165, 1.54) is 6.07 Å². The summed E-state index contributed by atoms with van der Waals surface area (Å²) in [6.07, 6.45) is 0.962. The first-order valence-corrected chi connectivity index (χ1v) is 7.12. The van der Waals surface area contributed by atoms with Gasteiger partial charge in [-0.2, -0.15) is 0 Å². The minimum absolute atomic E-state index is 0.184. The molecule has 2 heterocycles. The number of hydrogen-bond donors (Lipinski definition) is 1. The summed E-state index contributed by atoms with van der Waals surface area (Å²) in [5.41, 5.74) is 6.40. The number of halogens is 1. The number of likely N-dealkylation sites (tertiary alicyclic amines) is 1. The monoisotopic (exact) mass is 276 g/mol. The third kappa shape index (κ3) is 1.97. The number of anilines is 1. The molecule has 2 aliphatic rings. The van der Waals surface area contributed by atoms with Gasteiger partial charge in [-0.25, -0.2) is 4.39 Å². The van der Waals surface area contributed by atoms with Gasteiger partial charge < -0.3 is 10.6 Å². The molecule has 0 radical (unpaired) electrons. The van der Waals surface area contributed by atoms with Crippen LogP contribution in [0.4, 0.5) is 10.1 Å². The summed E-state index contributed by atoms with van der Waals surface area (Å²) < 4.78 is 14.1. The molecule has 3 rings (SSSR count). The lowest BCUT2D eigenvalue weighted by atomic mass is 9.96. The summed E-state index contributed by atoms with van der Waals surface area (Å²) >= 11 is 0.